The Morgan fingerprint density at radius 3 is 2.82 bits per heavy atom. The average Bonchev–Trinajstić information content (AvgIpc) is 2.58. The second kappa shape index (κ2) is 4.30. The van der Waals surface area contributed by atoms with Crippen molar-refractivity contribution in [1.82, 2.24) is 9.55 Å². The van der Waals surface area contributed by atoms with Crippen LogP contribution in [0.3, 0.4) is 0 Å². The van der Waals surface area contributed by atoms with Crippen LogP contribution in [0.2, 0.25) is 0 Å². The largest absolute Gasteiger partial charge is 0.393 e. The molecule has 0 radical (unpaired) electrons. The van der Waals surface area contributed by atoms with Crippen molar-refractivity contribution in [1.29, 1.82) is 0 Å². The minimum absolute atomic E-state index is 0.112. The summed E-state index contributed by atoms with van der Waals surface area (Å²) < 4.78 is 1.13. The number of aliphatic hydroxyl groups excluding tert-OH is 2. The number of nitrogens with zero attached hydrogens (tertiary/aromatic N) is 1. The van der Waals surface area contributed by atoms with E-state index in [1.807, 2.05) is 0 Å². The number of H-pyrrole nitrogens is 1. The number of aromatic nitrogens is 2. The van der Waals surface area contributed by atoms with E-state index < -0.39 is 34.9 Å². The van der Waals surface area contributed by atoms with Crippen molar-refractivity contribution < 1.29 is 15.3 Å². The molecule has 2 heterocycles. The maximum atomic E-state index is 11.5. The molecule has 1 fully saturated rings. The number of aromatic amines is 1. The Labute approximate surface area is 99.7 Å². The third-order valence-electron chi connectivity index (χ3n) is 2.72. The highest BCUT2D eigenvalue weighted by Gasteiger charge is 2.48. The Balaban J connectivity index is 2.37. The first kappa shape index (κ1) is 12.4. The summed E-state index contributed by atoms with van der Waals surface area (Å²) in [6.07, 6.45) is -0.0216. The van der Waals surface area contributed by atoms with Gasteiger partial charge in [0.15, 0.2) is 0 Å². The van der Waals surface area contributed by atoms with Gasteiger partial charge in [-0.1, -0.05) is 0 Å². The molecule has 1 aromatic rings. The van der Waals surface area contributed by atoms with Crippen molar-refractivity contribution >= 4 is 11.8 Å². The number of hydrogen-bond donors (Lipinski definition) is 4. The Morgan fingerprint density at radius 1 is 1.59 bits per heavy atom. The Morgan fingerprint density at radius 2 is 2.29 bits per heavy atom. The third-order valence-corrected chi connectivity index (χ3v) is 4.22. The summed E-state index contributed by atoms with van der Waals surface area (Å²) in [6.45, 7) is -0.588. The second-order valence-corrected chi connectivity index (χ2v) is 5.03. The van der Waals surface area contributed by atoms with Gasteiger partial charge in [0.25, 0.3) is 5.56 Å². The van der Waals surface area contributed by atoms with Gasteiger partial charge in [-0.05, 0) is 0 Å². The molecule has 94 valence electrons. The monoisotopic (exact) mass is 260 g/mol. The van der Waals surface area contributed by atoms with Crippen LogP contribution in [-0.4, -0.2) is 48.9 Å². The van der Waals surface area contributed by atoms with E-state index in [9.17, 15) is 19.8 Å². The lowest BCUT2D eigenvalue weighted by Crippen LogP contribution is -2.47. The Bertz CT molecular complexity index is 527. The first-order chi connectivity index (χ1) is 7.98. The van der Waals surface area contributed by atoms with Crippen LogP contribution in [0.4, 0.5) is 0 Å². The highest BCUT2D eigenvalue weighted by atomic mass is 32.2. The van der Waals surface area contributed by atoms with Crippen molar-refractivity contribution in [3.8, 4) is 0 Å². The number of rotatable bonds is 2. The first-order valence-corrected chi connectivity index (χ1v) is 5.97. The van der Waals surface area contributed by atoms with Crippen molar-refractivity contribution in [2.45, 2.75) is 17.1 Å². The van der Waals surface area contributed by atoms with Gasteiger partial charge in [0.05, 0.1) is 6.61 Å². The van der Waals surface area contributed by atoms with Crippen LogP contribution in [0.1, 0.15) is 5.37 Å². The number of aliphatic hydroxyl groups is 3. The molecular formula is C9H12N2O5S. The lowest BCUT2D eigenvalue weighted by molar-refractivity contribution is -0.0876. The molecule has 0 spiro atoms. The summed E-state index contributed by atoms with van der Waals surface area (Å²) in [5.74, 6) is 0.112. The molecule has 17 heavy (non-hydrogen) atoms. The molecule has 8 heteroatoms. The van der Waals surface area contributed by atoms with E-state index in [4.69, 9.17) is 5.11 Å². The van der Waals surface area contributed by atoms with Crippen LogP contribution in [0, 0.1) is 0 Å². The van der Waals surface area contributed by atoms with E-state index in [2.05, 4.69) is 4.98 Å². The molecule has 0 unspecified atom stereocenters. The van der Waals surface area contributed by atoms with E-state index in [1.54, 1.807) is 0 Å². The quantitative estimate of drug-likeness (QED) is 0.482. The molecule has 1 aromatic heterocycles. The molecule has 0 aromatic carbocycles. The van der Waals surface area contributed by atoms with Gasteiger partial charge in [-0.3, -0.25) is 14.3 Å². The molecule has 0 aliphatic carbocycles. The van der Waals surface area contributed by atoms with Gasteiger partial charge in [-0.25, -0.2) is 4.79 Å². The fourth-order valence-electron chi connectivity index (χ4n) is 1.67. The van der Waals surface area contributed by atoms with Crippen LogP contribution in [0.5, 0.6) is 0 Å². The highest BCUT2D eigenvalue weighted by Crippen LogP contribution is 2.41. The van der Waals surface area contributed by atoms with Crippen molar-refractivity contribution in [3.63, 3.8) is 0 Å². The Kier molecular flexibility index (Phi) is 3.13. The third kappa shape index (κ3) is 2.04. The molecule has 2 rings (SSSR count). The van der Waals surface area contributed by atoms with Crippen molar-refractivity contribution in [3.05, 3.63) is 33.1 Å². The van der Waals surface area contributed by atoms with Crippen LogP contribution in [0.25, 0.3) is 0 Å². The standard InChI is InChI=1S/C9H12N2O5S/c12-3-9(16)4-17-7(6(9)14)11-2-1-5(13)10-8(11)15/h1-2,6-7,12,14,16H,3-4H2,(H,10,13,15)/t6-,7+,9+/m0/s1. The number of thioether (sulfide) groups is 1. The van der Waals surface area contributed by atoms with Crippen LogP contribution in [-0.2, 0) is 0 Å². The summed E-state index contributed by atoms with van der Waals surface area (Å²) in [5.41, 5.74) is -2.80. The Hall–Kier alpha value is -1.09. The van der Waals surface area contributed by atoms with Crippen molar-refractivity contribution in [2.75, 3.05) is 12.4 Å². The highest BCUT2D eigenvalue weighted by molar-refractivity contribution is 7.99. The minimum Gasteiger partial charge on any atom is -0.393 e. The van der Waals surface area contributed by atoms with Gasteiger partial charge in [-0.2, -0.15) is 0 Å². The summed E-state index contributed by atoms with van der Waals surface area (Å²) in [4.78, 5) is 24.5. The summed E-state index contributed by atoms with van der Waals surface area (Å²) in [5, 5.41) is 28.0. The zero-order valence-electron chi connectivity index (χ0n) is 8.74. The van der Waals surface area contributed by atoms with Gasteiger partial charge in [-0.15, -0.1) is 11.8 Å². The molecule has 7 nitrogen and oxygen atoms in total. The van der Waals surface area contributed by atoms with Crippen molar-refractivity contribution in [2.24, 2.45) is 0 Å². The SMILES string of the molecule is O=c1ccn([C@@H]2SC[C@](O)(CO)[C@H]2O)c(=O)[nH]1. The smallest absolute Gasteiger partial charge is 0.329 e. The molecule has 1 aliphatic heterocycles. The lowest BCUT2D eigenvalue weighted by atomic mass is 10.0. The molecule has 4 N–H and O–H groups in total. The van der Waals surface area contributed by atoms with E-state index in [1.165, 1.54) is 6.20 Å². The number of hydrogen-bond acceptors (Lipinski definition) is 6. The van der Waals surface area contributed by atoms with E-state index >= 15 is 0 Å². The fourth-order valence-corrected chi connectivity index (χ4v) is 3.15. The predicted octanol–water partition coefficient (Wildman–Crippen LogP) is -2.13. The molecule has 0 bridgehead atoms. The topological polar surface area (TPSA) is 116 Å². The van der Waals surface area contributed by atoms with E-state index in [-0.39, 0.29) is 5.75 Å². The first-order valence-electron chi connectivity index (χ1n) is 4.92. The summed E-state index contributed by atoms with van der Waals surface area (Å²) in [6, 6.07) is 1.16. The summed E-state index contributed by atoms with van der Waals surface area (Å²) >= 11 is 1.14. The van der Waals surface area contributed by atoms with Crippen LogP contribution >= 0.6 is 11.8 Å². The summed E-state index contributed by atoms with van der Waals surface area (Å²) in [7, 11) is 0. The maximum absolute atomic E-state index is 11.5. The normalized spacial score (nSPS) is 32.9. The molecular weight excluding hydrogens is 248 g/mol. The van der Waals surface area contributed by atoms with Gasteiger partial charge in [0.1, 0.15) is 17.1 Å². The zero-order chi connectivity index (χ0) is 12.6. The minimum atomic E-state index is -1.62. The second-order valence-electron chi connectivity index (χ2n) is 3.93. The van der Waals surface area contributed by atoms with E-state index in [0.717, 1.165) is 22.4 Å². The lowest BCUT2D eigenvalue weighted by Gasteiger charge is -2.25. The fraction of sp³-hybridized carbons (Fsp3) is 0.556. The average molecular weight is 260 g/mol. The van der Waals surface area contributed by atoms with Gasteiger partial charge in [0.2, 0.25) is 0 Å². The zero-order valence-corrected chi connectivity index (χ0v) is 9.55. The van der Waals surface area contributed by atoms with Gasteiger partial charge in [0, 0.05) is 18.0 Å². The van der Waals surface area contributed by atoms with Crippen LogP contribution < -0.4 is 11.2 Å². The molecule has 0 amide bonds. The van der Waals surface area contributed by atoms with Gasteiger partial charge < -0.3 is 15.3 Å². The molecule has 1 aliphatic rings. The van der Waals surface area contributed by atoms with Gasteiger partial charge >= 0.3 is 5.69 Å². The van der Waals surface area contributed by atoms with E-state index in [0.29, 0.717) is 0 Å². The molecule has 3 atom stereocenters. The number of nitrogens with one attached hydrogen (secondary N) is 1. The van der Waals surface area contributed by atoms with Crippen LogP contribution in [0.15, 0.2) is 21.9 Å². The molecule has 1 saturated heterocycles. The molecule has 0 saturated carbocycles. The maximum Gasteiger partial charge on any atom is 0.329 e. The predicted molar refractivity (Wildman–Crippen MR) is 60.9 cm³/mol.